The van der Waals surface area contributed by atoms with Crippen LogP contribution in [0.1, 0.15) is 72.1 Å². The maximum atomic E-state index is 12.7. The number of esters is 1. The number of carbonyl (C=O) groups is 1. The Kier molecular flexibility index (Phi) is 2.57. The van der Waals surface area contributed by atoms with Crippen molar-refractivity contribution in [2.24, 2.45) is 22.7 Å². The molecule has 21 heavy (non-hydrogen) atoms. The van der Waals surface area contributed by atoms with Crippen LogP contribution >= 0.6 is 0 Å². The standard InChI is InChI=1S/C18H28O3/c1-4-15(3,5-2)14(19)21-17-8-13-6-12-7-16(20,9-17)10-18(12,13)11-17/h12-13,20H,4-11H2,1-3H3. The lowest BCUT2D eigenvalue weighted by Gasteiger charge is -2.49. The van der Waals surface area contributed by atoms with Crippen LogP contribution in [0.15, 0.2) is 0 Å². The van der Waals surface area contributed by atoms with E-state index in [1.54, 1.807) is 0 Å². The van der Waals surface area contributed by atoms with Gasteiger partial charge < -0.3 is 9.84 Å². The third-order valence-electron chi connectivity index (χ3n) is 7.76. The lowest BCUT2D eigenvalue weighted by atomic mass is 9.56. The van der Waals surface area contributed by atoms with Crippen LogP contribution in [0.3, 0.4) is 0 Å². The third-order valence-corrected chi connectivity index (χ3v) is 7.76. The van der Waals surface area contributed by atoms with Crippen molar-refractivity contribution in [3.63, 3.8) is 0 Å². The highest BCUT2D eigenvalue weighted by atomic mass is 16.6. The van der Waals surface area contributed by atoms with Crippen LogP contribution in [0.4, 0.5) is 0 Å². The van der Waals surface area contributed by atoms with Crippen molar-refractivity contribution >= 4 is 5.97 Å². The summed E-state index contributed by atoms with van der Waals surface area (Å²) in [7, 11) is 0. The lowest BCUT2D eigenvalue weighted by molar-refractivity contribution is -0.182. The van der Waals surface area contributed by atoms with Crippen LogP contribution in [0, 0.1) is 22.7 Å². The molecule has 4 aliphatic rings. The van der Waals surface area contributed by atoms with Gasteiger partial charge in [0.15, 0.2) is 0 Å². The molecule has 0 aliphatic heterocycles. The Morgan fingerprint density at radius 3 is 2.52 bits per heavy atom. The maximum Gasteiger partial charge on any atom is 0.312 e. The second-order valence-corrected chi connectivity index (χ2v) is 8.87. The van der Waals surface area contributed by atoms with Crippen LogP contribution < -0.4 is 0 Å². The Labute approximate surface area is 127 Å². The summed E-state index contributed by atoms with van der Waals surface area (Å²) in [5, 5.41) is 10.9. The van der Waals surface area contributed by atoms with Crippen molar-refractivity contribution in [3.8, 4) is 0 Å². The maximum absolute atomic E-state index is 12.7. The highest BCUT2D eigenvalue weighted by Crippen LogP contribution is 2.78. The van der Waals surface area contributed by atoms with Gasteiger partial charge in [0.2, 0.25) is 0 Å². The van der Waals surface area contributed by atoms with E-state index >= 15 is 0 Å². The normalized spacial score (nSPS) is 49.9. The summed E-state index contributed by atoms with van der Waals surface area (Å²) >= 11 is 0. The second kappa shape index (κ2) is 3.84. The molecule has 5 atom stereocenters. The Balaban J connectivity index is 1.60. The van der Waals surface area contributed by atoms with Gasteiger partial charge in [-0.05, 0) is 69.1 Å². The first-order chi connectivity index (χ1) is 9.79. The first-order valence-corrected chi connectivity index (χ1v) is 8.75. The summed E-state index contributed by atoms with van der Waals surface area (Å²) in [6, 6.07) is 0. The minimum Gasteiger partial charge on any atom is -0.459 e. The van der Waals surface area contributed by atoms with Crippen LogP contribution in [0.5, 0.6) is 0 Å². The first-order valence-electron chi connectivity index (χ1n) is 8.75. The van der Waals surface area contributed by atoms with Gasteiger partial charge in [-0.1, -0.05) is 13.8 Å². The molecule has 0 saturated heterocycles. The van der Waals surface area contributed by atoms with Gasteiger partial charge in [0.05, 0.1) is 11.0 Å². The zero-order chi connectivity index (χ0) is 15.1. The number of ether oxygens (including phenoxy) is 1. The first kappa shape index (κ1) is 14.0. The van der Waals surface area contributed by atoms with E-state index in [1.165, 1.54) is 6.42 Å². The average molecular weight is 292 g/mol. The summed E-state index contributed by atoms with van der Waals surface area (Å²) in [4.78, 5) is 12.7. The van der Waals surface area contributed by atoms with E-state index in [1.807, 2.05) is 6.92 Å². The van der Waals surface area contributed by atoms with Gasteiger partial charge in [-0.15, -0.1) is 0 Å². The van der Waals surface area contributed by atoms with E-state index in [2.05, 4.69) is 13.8 Å². The number of hydrogen-bond donors (Lipinski definition) is 1. The predicted molar refractivity (Wildman–Crippen MR) is 79.6 cm³/mol. The molecule has 118 valence electrons. The van der Waals surface area contributed by atoms with E-state index in [0.717, 1.165) is 38.5 Å². The highest BCUT2D eigenvalue weighted by Gasteiger charge is 2.76. The molecule has 4 fully saturated rings. The fourth-order valence-electron chi connectivity index (χ4n) is 6.30. The monoisotopic (exact) mass is 292 g/mol. The fraction of sp³-hybridized carbons (Fsp3) is 0.944. The molecule has 3 nitrogen and oxygen atoms in total. The molecule has 1 spiro atoms. The zero-order valence-corrected chi connectivity index (χ0v) is 13.6. The van der Waals surface area contributed by atoms with Crippen LogP contribution in [0.25, 0.3) is 0 Å². The Bertz CT molecular complexity index is 493. The molecular formula is C18H28O3. The van der Waals surface area contributed by atoms with Crippen LogP contribution in [0.2, 0.25) is 0 Å². The number of aliphatic hydroxyl groups is 1. The third kappa shape index (κ3) is 1.62. The number of carbonyl (C=O) groups excluding carboxylic acids is 1. The summed E-state index contributed by atoms with van der Waals surface area (Å²) in [5.41, 5.74) is -0.955. The smallest absolute Gasteiger partial charge is 0.312 e. The molecular weight excluding hydrogens is 264 g/mol. The molecule has 4 aliphatic carbocycles. The Morgan fingerprint density at radius 2 is 1.86 bits per heavy atom. The van der Waals surface area contributed by atoms with E-state index in [4.69, 9.17) is 4.74 Å². The second-order valence-electron chi connectivity index (χ2n) is 8.87. The predicted octanol–water partition coefficient (Wildman–Crippen LogP) is 3.44. The molecule has 0 heterocycles. The molecule has 0 aromatic rings. The topological polar surface area (TPSA) is 46.5 Å². The van der Waals surface area contributed by atoms with Crippen LogP contribution in [-0.2, 0) is 9.53 Å². The van der Waals surface area contributed by atoms with Crippen molar-refractivity contribution in [1.29, 1.82) is 0 Å². The SMILES string of the molecule is CCC(C)(CC)C(=O)OC12CC3CC4CC(O)(C1)CC43C2. The van der Waals surface area contributed by atoms with E-state index in [0.29, 0.717) is 23.7 Å². The van der Waals surface area contributed by atoms with Gasteiger partial charge in [-0.2, -0.15) is 0 Å². The van der Waals surface area contributed by atoms with Crippen molar-refractivity contribution in [2.45, 2.75) is 83.3 Å². The van der Waals surface area contributed by atoms with Gasteiger partial charge in [0.25, 0.3) is 0 Å². The summed E-state index contributed by atoms with van der Waals surface area (Å²) < 4.78 is 6.16. The van der Waals surface area contributed by atoms with Gasteiger partial charge >= 0.3 is 5.97 Å². The molecule has 0 aromatic heterocycles. The molecule has 5 unspecified atom stereocenters. The van der Waals surface area contributed by atoms with Gasteiger partial charge in [-0.25, -0.2) is 0 Å². The quantitative estimate of drug-likeness (QED) is 0.807. The van der Waals surface area contributed by atoms with E-state index in [9.17, 15) is 9.90 Å². The molecule has 3 bridgehead atoms. The Morgan fingerprint density at radius 1 is 1.19 bits per heavy atom. The minimum absolute atomic E-state index is 0.0355. The largest absolute Gasteiger partial charge is 0.459 e. The number of fused-ring (bicyclic) bond motifs is 2. The van der Waals surface area contributed by atoms with Gasteiger partial charge in [-0.3, -0.25) is 4.79 Å². The molecule has 4 rings (SSSR count). The molecule has 3 heteroatoms. The van der Waals surface area contributed by atoms with Crippen molar-refractivity contribution in [3.05, 3.63) is 0 Å². The zero-order valence-electron chi connectivity index (χ0n) is 13.6. The van der Waals surface area contributed by atoms with Crippen molar-refractivity contribution in [2.75, 3.05) is 0 Å². The summed E-state index contributed by atoms with van der Waals surface area (Å²) in [6.45, 7) is 6.14. The van der Waals surface area contributed by atoms with E-state index in [-0.39, 0.29) is 17.0 Å². The Hall–Kier alpha value is -0.570. The number of rotatable bonds is 4. The summed E-state index contributed by atoms with van der Waals surface area (Å²) in [6.07, 6.45) is 7.51. The number of hydrogen-bond acceptors (Lipinski definition) is 3. The lowest BCUT2D eigenvalue weighted by Crippen LogP contribution is -2.48. The van der Waals surface area contributed by atoms with Gasteiger partial charge in [0, 0.05) is 6.42 Å². The highest BCUT2D eigenvalue weighted by molar-refractivity contribution is 5.76. The fourth-order valence-corrected chi connectivity index (χ4v) is 6.30. The minimum atomic E-state index is -0.552. The van der Waals surface area contributed by atoms with Crippen molar-refractivity contribution < 1.29 is 14.6 Å². The molecule has 1 N–H and O–H groups in total. The van der Waals surface area contributed by atoms with Crippen molar-refractivity contribution in [1.82, 2.24) is 0 Å². The van der Waals surface area contributed by atoms with E-state index < -0.39 is 5.60 Å². The molecule has 0 radical (unpaired) electrons. The average Bonchev–Trinajstić information content (AvgIpc) is 2.71. The molecule has 0 aromatic carbocycles. The van der Waals surface area contributed by atoms with Gasteiger partial charge in [0.1, 0.15) is 5.60 Å². The molecule has 4 saturated carbocycles. The molecule has 0 amide bonds. The summed E-state index contributed by atoms with van der Waals surface area (Å²) in [5.74, 6) is 1.35. The van der Waals surface area contributed by atoms with Crippen LogP contribution in [-0.4, -0.2) is 22.3 Å².